The fraction of sp³-hybridized carbons (Fsp3) is 0.0833. The van der Waals surface area contributed by atoms with Gasteiger partial charge in [0.25, 0.3) is 0 Å². The summed E-state index contributed by atoms with van der Waals surface area (Å²) in [6.45, 7) is 4.34. The van der Waals surface area contributed by atoms with Crippen LogP contribution in [0.3, 0.4) is 0 Å². The van der Waals surface area contributed by atoms with Crippen LogP contribution >= 0.6 is 0 Å². The van der Waals surface area contributed by atoms with Crippen LogP contribution < -0.4 is 9.47 Å². The fourth-order valence-electron chi connectivity index (χ4n) is 3.05. The van der Waals surface area contributed by atoms with E-state index in [-0.39, 0.29) is 24.7 Å². The van der Waals surface area contributed by atoms with Gasteiger partial charge in [-0.25, -0.2) is 0 Å². The normalized spacial score (nSPS) is 10.9. The number of hydrogen-bond donors (Lipinski definition) is 2. The monoisotopic (exact) mass is 372 g/mol. The fourth-order valence-corrected chi connectivity index (χ4v) is 3.05. The molecule has 0 unspecified atom stereocenters. The van der Waals surface area contributed by atoms with E-state index in [1.54, 1.807) is 24.3 Å². The van der Waals surface area contributed by atoms with Crippen LogP contribution in [0.5, 0.6) is 23.0 Å². The number of aromatic hydroxyl groups is 2. The van der Waals surface area contributed by atoms with E-state index in [9.17, 15) is 10.2 Å². The standard InChI is InChI=1S/C24H20O4/c1-16(14-27-23-12-19-8-4-2-6-17(19)10-21(23)25)15-28-24-13-20-9-5-3-7-18(20)11-22(24)26/h2-13,25-26H,1,14-15H2. The molecule has 0 aromatic heterocycles. The molecule has 140 valence electrons. The van der Waals surface area contributed by atoms with Crippen molar-refractivity contribution in [2.45, 2.75) is 0 Å². The summed E-state index contributed by atoms with van der Waals surface area (Å²) in [6.07, 6.45) is 0. The number of ether oxygens (including phenoxy) is 2. The van der Waals surface area contributed by atoms with Gasteiger partial charge in [-0.05, 0) is 51.4 Å². The molecule has 0 atom stereocenters. The van der Waals surface area contributed by atoms with Crippen LogP contribution in [0, 0.1) is 0 Å². The first-order valence-electron chi connectivity index (χ1n) is 8.96. The molecule has 0 fully saturated rings. The topological polar surface area (TPSA) is 58.9 Å². The average Bonchev–Trinajstić information content (AvgIpc) is 2.70. The Bertz CT molecular complexity index is 1070. The lowest BCUT2D eigenvalue weighted by atomic mass is 10.1. The Morgan fingerprint density at radius 1 is 0.643 bits per heavy atom. The Hall–Kier alpha value is -3.66. The molecule has 4 nitrogen and oxygen atoms in total. The second-order valence-corrected chi connectivity index (χ2v) is 6.66. The van der Waals surface area contributed by atoms with Gasteiger partial charge < -0.3 is 19.7 Å². The first-order valence-corrected chi connectivity index (χ1v) is 8.96. The highest BCUT2D eigenvalue weighted by atomic mass is 16.5. The van der Waals surface area contributed by atoms with Gasteiger partial charge in [0.2, 0.25) is 0 Å². The third kappa shape index (κ3) is 3.71. The molecule has 4 rings (SSSR count). The van der Waals surface area contributed by atoms with Crippen LogP contribution in [0.15, 0.2) is 84.9 Å². The third-order valence-electron chi connectivity index (χ3n) is 4.52. The van der Waals surface area contributed by atoms with Gasteiger partial charge in [0.15, 0.2) is 23.0 Å². The molecule has 4 aromatic carbocycles. The van der Waals surface area contributed by atoms with Crippen molar-refractivity contribution in [2.24, 2.45) is 0 Å². The van der Waals surface area contributed by atoms with Crippen LogP contribution in [0.4, 0.5) is 0 Å². The number of fused-ring (bicyclic) bond motifs is 2. The predicted molar refractivity (Wildman–Crippen MR) is 111 cm³/mol. The van der Waals surface area contributed by atoms with Crippen molar-refractivity contribution in [1.82, 2.24) is 0 Å². The second kappa shape index (κ2) is 7.53. The molecule has 0 radical (unpaired) electrons. The van der Waals surface area contributed by atoms with Crippen LogP contribution in [0.1, 0.15) is 0 Å². The number of phenolic OH excluding ortho intramolecular Hbond substituents is 2. The van der Waals surface area contributed by atoms with E-state index in [2.05, 4.69) is 6.58 Å². The number of rotatable bonds is 6. The Kier molecular flexibility index (Phi) is 4.77. The van der Waals surface area contributed by atoms with Gasteiger partial charge in [-0.3, -0.25) is 0 Å². The molecule has 28 heavy (non-hydrogen) atoms. The van der Waals surface area contributed by atoms with Gasteiger partial charge in [0, 0.05) is 0 Å². The van der Waals surface area contributed by atoms with Gasteiger partial charge in [0.05, 0.1) is 0 Å². The van der Waals surface area contributed by atoms with E-state index in [1.165, 1.54) is 0 Å². The molecule has 0 aliphatic heterocycles. The zero-order chi connectivity index (χ0) is 19.5. The van der Waals surface area contributed by atoms with Crippen molar-refractivity contribution < 1.29 is 19.7 Å². The molecule has 0 saturated carbocycles. The Morgan fingerprint density at radius 3 is 1.39 bits per heavy atom. The molecular weight excluding hydrogens is 352 g/mol. The quantitative estimate of drug-likeness (QED) is 0.444. The highest BCUT2D eigenvalue weighted by Crippen LogP contribution is 2.33. The SMILES string of the molecule is C=C(COc1cc2ccccc2cc1O)COc1cc2ccccc2cc1O. The molecular formula is C24H20O4. The van der Waals surface area contributed by atoms with E-state index in [0.29, 0.717) is 17.1 Å². The Labute approximate surface area is 162 Å². The minimum Gasteiger partial charge on any atom is -0.504 e. The van der Waals surface area contributed by atoms with Crippen molar-refractivity contribution in [2.75, 3.05) is 13.2 Å². The zero-order valence-electron chi connectivity index (χ0n) is 15.3. The highest BCUT2D eigenvalue weighted by Gasteiger charge is 2.08. The molecule has 0 amide bonds. The molecule has 0 heterocycles. The first kappa shape index (κ1) is 17.7. The molecule has 4 heteroatoms. The maximum Gasteiger partial charge on any atom is 0.162 e. The molecule has 2 N–H and O–H groups in total. The number of phenols is 2. The van der Waals surface area contributed by atoms with Crippen molar-refractivity contribution in [3.8, 4) is 23.0 Å². The minimum atomic E-state index is 0.0830. The Balaban J connectivity index is 1.40. The lowest BCUT2D eigenvalue weighted by molar-refractivity contribution is 0.285. The van der Waals surface area contributed by atoms with Gasteiger partial charge in [-0.1, -0.05) is 55.1 Å². The number of benzene rings is 4. The summed E-state index contributed by atoms with van der Waals surface area (Å²) in [5.74, 6) is 0.959. The maximum atomic E-state index is 10.1. The lowest BCUT2D eigenvalue weighted by Gasteiger charge is -2.13. The summed E-state index contributed by atoms with van der Waals surface area (Å²) in [7, 11) is 0. The zero-order valence-corrected chi connectivity index (χ0v) is 15.3. The van der Waals surface area contributed by atoms with Gasteiger partial charge in [0.1, 0.15) is 13.2 Å². The smallest absolute Gasteiger partial charge is 0.162 e. The molecule has 0 spiro atoms. The summed E-state index contributed by atoms with van der Waals surface area (Å²) in [4.78, 5) is 0. The first-order chi connectivity index (χ1) is 13.6. The van der Waals surface area contributed by atoms with Crippen LogP contribution in [-0.4, -0.2) is 23.4 Å². The van der Waals surface area contributed by atoms with Crippen molar-refractivity contribution in [1.29, 1.82) is 0 Å². The molecule has 4 aromatic rings. The van der Waals surface area contributed by atoms with Gasteiger partial charge in [-0.15, -0.1) is 0 Å². The summed E-state index contributed by atoms with van der Waals surface area (Å²) < 4.78 is 11.4. The van der Waals surface area contributed by atoms with E-state index in [4.69, 9.17) is 9.47 Å². The average molecular weight is 372 g/mol. The van der Waals surface area contributed by atoms with Gasteiger partial charge >= 0.3 is 0 Å². The lowest BCUT2D eigenvalue weighted by Crippen LogP contribution is -2.08. The minimum absolute atomic E-state index is 0.0830. The molecule has 0 saturated heterocycles. The van der Waals surface area contributed by atoms with Crippen LogP contribution in [-0.2, 0) is 0 Å². The Morgan fingerprint density at radius 2 is 1.00 bits per heavy atom. The highest BCUT2D eigenvalue weighted by molar-refractivity contribution is 5.86. The molecule has 0 aliphatic rings. The summed E-state index contributed by atoms with van der Waals surface area (Å²) in [5, 5.41) is 24.2. The maximum absolute atomic E-state index is 10.1. The van der Waals surface area contributed by atoms with Crippen molar-refractivity contribution >= 4 is 21.5 Å². The molecule has 0 bridgehead atoms. The summed E-state index contributed by atoms with van der Waals surface area (Å²) in [6, 6.07) is 22.5. The predicted octanol–water partition coefficient (Wildman–Crippen LogP) is 5.42. The summed E-state index contributed by atoms with van der Waals surface area (Å²) in [5.41, 5.74) is 0.681. The van der Waals surface area contributed by atoms with E-state index in [1.807, 2.05) is 48.5 Å². The van der Waals surface area contributed by atoms with Crippen LogP contribution in [0.2, 0.25) is 0 Å². The van der Waals surface area contributed by atoms with Crippen molar-refractivity contribution in [3.05, 3.63) is 84.9 Å². The van der Waals surface area contributed by atoms with Crippen LogP contribution in [0.25, 0.3) is 21.5 Å². The molecule has 0 aliphatic carbocycles. The second-order valence-electron chi connectivity index (χ2n) is 6.66. The van der Waals surface area contributed by atoms with E-state index >= 15 is 0 Å². The van der Waals surface area contributed by atoms with Gasteiger partial charge in [-0.2, -0.15) is 0 Å². The largest absolute Gasteiger partial charge is 0.504 e. The van der Waals surface area contributed by atoms with E-state index < -0.39 is 0 Å². The summed E-state index contributed by atoms with van der Waals surface area (Å²) >= 11 is 0. The third-order valence-corrected chi connectivity index (χ3v) is 4.52. The van der Waals surface area contributed by atoms with E-state index in [0.717, 1.165) is 21.5 Å². The van der Waals surface area contributed by atoms with Crippen molar-refractivity contribution in [3.63, 3.8) is 0 Å². The number of hydrogen-bond acceptors (Lipinski definition) is 4.